The highest BCUT2D eigenvalue weighted by Gasteiger charge is 2.26. The molecule has 0 radical (unpaired) electrons. The molecule has 0 spiro atoms. The van der Waals surface area contributed by atoms with Gasteiger partial charge in [0, 0.05) is 5.54 Å². The Hall–Kier alpha value is -0.930. The molecule has 82 valence electrons. The average molecular weight is 228 g/mol. The molecule has 1 aromatic rings. The molecule has 0 atom stereocenters. The van der Waals surface area contributed by atoms with Crippen molar-refractivity contribution in [1.82, 2.24) is 0 Å². The van der Waals surface area contributed by atoms with Crippen molar-refractivity contribution in [1.29, 1.82) is 0 Å². The Bertz CT molecular complexity index is 410. The van der Waals surface area contributed by atoms with E-state index in [0.29, 0.717) is 16.5 Å². The van der Waals surface area contributed by atoms with Crippen molar-refractivity contribution in [2.45, 2.75) is 26.3 Å². The van der Waals surface area contributed by atoms with Gasteiger partial charge in [-0.2, -0.15) is 0 Å². The highest BCUT2D eigenvalue weighted by Crippen LogP contribution is 2.44. The van der Waals surface area contributed by atoms with Crippen LogP contribution in [0.3, 0.4) is 0 Å². The van der Waals surface area contributed by atoms with E-state index < -0.39 is 5.54 Å². The van der Waals surface area contributed by atoms with Crippen molar-refractivity contribution >= 4 is 11.6 Å². The fraction of sp³-hybridized carbons (Fsp3) is 0.455. The van der Waals surface area contributed by atoms with Gasteiger partial charge in [-0.3, -0.25) is 0 Å². The van der Waals surface area contributed by atoms with Crippen LogP contribution in [0.25, 0.3) is 0 Å². The lowest BCUT2D eigenvalue weighted by molar-refractivity contribution is 0.174. The van der Waals surface area contributed by atoms with Crippen LogP contribution < -0.4 is 15.2 Å². The van der Waals surface area contributed by atoms with E-state index >= 15 is 0 Å². The summed E-state index contributed by atoms with van der Waals surface area (Å²) in [6.45, 7) is 6.04. The molecule has 1 heterocycles. The van der Waals surface area contributed by atoms with Crippen LogP contribution in [0.15, 0.2) is 6.07 Å². The van der Waals surface area contributed by atoms with Crippen LogP contribution in [-0.4, -0.2) is 6.79 Å². The molecule has 0 aliphatic carbocycles. The van der Waals surface area contributed by atoms with E-state index in [1.165, 1.54) is 0 Å². The molecule has 2 rings (SSSR count). The molecule has 1 aromatic carbocycles. The Morgan fingerprint density at radius 3 is 2.67 bits per heavy atom. The molecule has 0 amide bonds. The summed E-state index contributed by atoms with van der Waals surface area (Å²) in [5.74, 6) is 1.31. The topological polar surface area (TPSA) is 44.5 Å². The molecule has 4 heteroatoms. The minimum atomic E-state index is -0.436. The summed E-state index contributed by atoms with van der Waals surface area (Å²) >= 11 is 6.19. The molecule has 0 fully saturated rings. The van der Waals surface area contributed by atoms with Crippen LogP contribution in [0.1, 0.15) is 25.0 Å². The van der Waals surface area contributed by atoms with E-state index in [2.05, 4.69) is 0 Å². The molecule has 0 saturated carbocycles. The van der Waals surface area contributed by atoms with Crippen LogP contribution >= 0.6 is 11.6 Å². The van der Waals surface area contributed by atoms with Gasteiger partial charge in [-0.25, -0.2) is 0 Å². The van der Waals surface area contributed by atoms with Gasteiger partial charge in [0.15, 0.2) is 11.5 Å². The van der Waals surface area contributed by atoms with Crippen molar-refractivity contribution in [3.63, 3.8) is 0 Å². The first kappa shape index (κ1) is 10.6. The van der Waals surface area contributed by atoms with Crippen molar-refractivity contribution in [2.24, 2.45) is 5.73 Å². The van der Waals surface area contributed by atoms with Crippen LogP contribution in [0.2, 0.25) is 5.02 Å². The molecule has 0 aromatic heterocycles. The monoisotopic (exact) mass is 227 g/mol. The number of hydrogen-bond donors (Lipinski definition) is 1. The second-order valence-electron chi connectivity index (χ2n) is 4.32. The second-order valence-corrected chi connectivity index (χ2v) is 4.70. The van der Waals surface area contributed by atoms with Gasteiger partial charge in [-0.05, 0) is 38.0 Å². The predicted molar refractivity (Wildman–Crippen MR) is 59.5 cm³/mol. The summed E-state index contributed by atoms with van der Waals surface area (Å²) in [7, 11) is 0. The molecule has 0 saturated heterocycles. The number of halogens is 1. The first-order valence-electron chi connectivity index (χ1n) is 4.79. The summed E-state index contributed by atoms with van der Waals surface area (Å²) in [6, 6.07) is 1.91. The first-order chi connectivity index (χ1) is 6.91. The number of benzene rings is 1. The minimum absolute atomic E-state index is 0.225. The Morgan fingerprint density at radius 1 is 1.40 bits per heavy atom. The average Bonchev–Trinajstić information content (AvgIpc) is 2.57. The Balaban J connectivity index is 2.64. The first-order valence-corrected chi connectivity index (χ1v) is 5.17. The maximum absolute atomic E-state index is 6.19. The minimum Gasteiger partial charge on any atom is -0.454 e. The van der Waals surface area contributed by atoms with Gasteiger partial charge in [-0.15, -0.1) is 0 Å². The summed E-state index contributed by atoms with van der Waals surface area (Å²) in [6.07, 6.45) is 0. The summed E-state index contributed by atoms with van der Waals surface area (Å²) < 4.78 is 10.6. The third-order valence-electron chi connectivity index (χ3n) is 2.54. The van der Waals surface area contributed by atoms with Gasteiger partial charge in [-0.1, -0.05) is 11.6 Å². The van der Waals surface area contributed by atoms with E-state index in [9.17, 15) is 0 Å². The fourth-order valence-corrected chi connectivity index (χ4v) is 2.01. The zero-order valence-electron chi connectivity index (χ0n) is 9.06. The highest BCUT2D eigenvalue weighted by atomic mass is 35.5. The van der Waals surface area contributed by atoms with Gasteiger partial charge in [0.05, 0.1) is 5.02 Å². The quantitative estimate of drug-likeness (QED) is 0.802. The Labute approximate surface area is 94.1 Å². The standard InChI is InChI=1S/C11H14ClNO2/c1-6-7(11(2,3)13)4-8-10(9(6)12)15-5-14-8/h4H,5,13H2,1-3H3. The van der Waals surface area contributed by atoms with Gasteiger partial charge >= 0.3 is 0 Å². The normalized spacial score (nSPS) is 14.5. The smallest absolute Gasteiger partial charge is 0.231 e. The van der Waals surface area contributed by atoms with Crippen molar-refractivity contribution in [3.05, 3.63) is 22.2 Å². The van der Waals surface area contributed by atoms with Crippen molar-refractivity contribution < 1.29 is 9.47 Å². The third kappa shape index (κ3) is 1.66. The zero-order chi connectivity index (χ0) is 11.2. The van der Waals surface area contributed by atoms with Crippen molar-refractivity contribution in [3.8, 4) is 11.5 Å². The van der Waals surface area contributed by atoms with Crippen LogP contribution in [0.4, 0.5) is 0 Å². The van der Waals surface area contributed by atoms with Crippen LogP contribution in [0, 0.1) is 6.92 Å². The molecular weight excluding hydrogens is 214 g/mol. The molecule has 15 heavy (non-hydrogen) atoms. The maximum Gasteiger partial charge on any atom is 0.231 e. The Kier molecular flexibility index (Phi) is 2.32. The molecule has 0 unspecified atom stereocenters. The van der Waals surface area contributed by atoms with E-state index in [4.69, 9.17) is 26.8 Å². The summed E-state index contributed by atoms with van der Waals surface area (Å²) in [5, 5.41) is 0.596. The highest BCUT2D eigenvalue weighted by molar-refractivity contribution is 6.33. The van der Waals surface area contributed by atoms with Gasteiger partial charge in [0.25, 0.3) is 0 Å². The lowest BCUT2D eigenvalue weighted by Crippen LogP contribution is -2.29. The molecule has 0 bridgehead atoms. The Morgan fingerprint density at radius 2 is 2.07 bits per heavy atom. The van der Waals surface area contributed by atoms with E-state index in [-0.39, 0.29) is 6.79 Å². The number of ether oxygens (including phenoxy) is 2. The molecule has 1 aliphatic heterocycles. The zero-order valence-corrected chi connectivity index (χ0v) is 9.81. The molecular formula is C11H14ClNO2. The lowest BCUT2D eigenvalue weighted by atomic mass is 9.91. The second kappa shape index (κ2) is 3.29. The fourth-order valence-electron chi connectivity index (χ4n) is 1.76. The molecule has 1 aliphatic rings. The number of rotatable bonds is 1. The molecule has 3 nitrogen and oxygen atoms in total. The lowest BCUT2D eigenvalue weighted by Gasteiger charge is -2.22. The molecule has 2 N–H and O–H groups in total. The van der Waals surface area contributed by atoms with Crippen molar-refractivity contribution in [2.75, 3.05) is 6.79 Å². The summed E-state index contributed by atoms with van der Waals surface area (Å²) in [4.78, 5) is 0. The SMILES string of the molecule is Cc1c(C(C)(C)N)cc2c(c1Cl)OCO2. The number of hydrogen-bond acceptors (Lipinski definition) is 3. The predicted octanol–water partition coefficient (Wildman–Crippen LogP) is 2.57. The van der Waals surface area contributed by atoms with E-state index in [1.807, 2.05) is 26.8 Å². The number of fused-ring (bicyclic) bond motifs is 1. The van der Waals surface area contributed by atoms with Gasteiger partial charge in [0.1, 0.15) is 0 Å². The van der Waals surface area contributed by atoms with Crippen LogP contribution in [-0.2, 0) is 5.54 Å². The van der Waals surface area contributed by atoms with Gasteiger partial charge in [0.2, 0.25) is 6.79 Å². The largest absolute Gasteiger partial charge is 0.454 e. The maximum atomic E-state index is 6.19. The van der Waals surface area contributed by atoms with E-state index in [1.54, 1.807) is 0 Å². The number of nitrogens with two attached hydrogens (primary N) is 1. The summed E-state index contributed by atoms with van der Waals surface area (Å²) in [5.41, 5.74) is 7.57. The van der Waals surface area contributed by atoms with Gasteiger partial charge < -0.3 is 15.2 Å². The third-order valence-corrected chi connectivity index (χ3v) is 3.00. The van der Waals surface area contributed by atoms with Crippen LogP contribution in [0.5, 0.6) is 11.5 Å². The van der Waals surface area contributed by atoms with E-state index in [0.717, 1.165) is 11.1 Å².